The summed E-state index contributed by atoms with van der Waals surface area (Å²) in [4.78, 5) is 13.7. The zero-order valence-corrected chi connectivity index (χ0v) is 16.9. The number of rotatable bonds is 6. The molecule has 1 fully saturated rings. The van der Waals surface area contributed by atoms with Crippen molar-refractivity contribution in [3.8, 4) is 0 Å². The van der Waals surface area contributed by atoms with Crippen LogP contribution in [-0.4, -0.2) is 38.9 Å². The molecule has 0 saturated carbocycles. The second-order valence-corrected chi connectivity index (χ2v) is 8.30. The zero-order valence-electron chi connectivity index (χ0n) is 15.2. The van der Waals surface area contributed by atoms with Crippen LogP contribution >= 0.6 is 12.4 Å². The first-order valence-corrected chi connectivity index (χ1v) is 10.3. The lowest BCUT2D eigenvalue weighted by molar-refractivity contribution is 0.0788. The van der Waals surface area contributed by atoms with E-state index in [1.807, 2.05) is 12.1 Å². The summed E-state index contributed by atoms with van der Waals surface area (Å²) >= 11 is 0. The molecular formula is C19H23ClFN3O3S. The van der Waals surface area contributed by atoms with E-state index in [1.54, 1.807) is 17.0 Å². The number of anilines is 1. The van der Waals surface area contributed by atoms with Crippen molar-refractivity contribution in [3.05, 3.63) is 59.4 Å². The number of hydrogen-bond acceptors (Lipinski definition) is 4. The van der Waals surface area contributed by atoms with E-state index < -0.39 is 21.7 Å². The number of benzene rings is 2. The van der Waals surface area contributed by atoms with E-state index in [4.69, 9.17) is 5.73 Å². The Morgan fingerprint density at radius 2 is 1.75 bits per heavy atom. The summed E-state index contributed by atoms with van der Waals surface area (Å²) in [6, 6.07) is 10.5. The van der Waals surface area contributed by atoms with E-state index in [2.05, 4.69) is 4.72 Å². The number of nitrogen functional groups attached to an aromatic ring is 1. The fourth-order valence-corrected chi connectivity index (χ4v) is 4.07. The number of carbonyl (C=O) groups excluding carboxylic acids is 1. The summed E-state index contributed by atoms with van der Waals surface area (Å²) in [7, 11) is -3.86. The summed E-state index contributed by atoms with van der Waals surface area (Å²) in [5.74, 6) is -1.22. The minimum absolute atomic E-state index is 0. The molecule has 1 amide bonds. The Balaban J connectivity index is 0.00000280. The van der Waals surface area contributed by atoms with Crippen LogP contribution in [0.15, 0.2) is 47.4 Å². The van der Waals surface area contributed by atoms with Gasteiger partial charge in [-0.15, -0.1) is 12.4 Å². The third-order valence-electron chi connectivity index (χ3n) is 4.56. The highest BCUT2D eigenvalue weighted by molar-refractivity contribution is 7.89. The van der Waals surface area contributed by atoms with Crippen molar-refractivity contribution < 1.29 is 17.6 Å². The van der Waals surface area contributed by atoms with Crippen LogP contribution in [0.25, 0.3) is 0 Å². The van der Waals surface area contributed by atoms with Gasteiger partial charge >= 0.3 is 0 Å². The van der Waals surface area contributed by atoms with Crippen LogP contribution in [0.4, 0.5) is 10.1 Å². The number of sulfonamides is 1. The number of nitrogens with two attached hydrogens (primary N) is 1. The van der Waals surface area contributed by atoms with Crippen LogP contribution in [0.3, 0.4) is 0 Å². The molecule has 2 aromatic rings. The van der Waals surface area contributed by atoms with Gasteiger partial charge in [0.15, 0.2) is 0 Å². The average molecular weight is 428 g/mol. The molecule has 1 saturated heterocycles. The summed E-state index contributed by atoms with van der Waals surface area (Å²) in [6.07, 6.45) is 2.28. The van der Waals surface area contributed by atoms with Crippen molar-refractivity contribution in [2.24, 2.45) is 0 Å². The minimum Gasteiger partial charge on any atom is -0.399 e. The monoisotopic (exact) mass is 427 g/mol. The number of amides is 1. The smallest absolute Gasteiger partial charge is 0.256 e. The van der Waals surface area contributed by atoms with Gasteiger partial charge < -0.3 is 10.6 Å². The van der Waals surface area contributed by atoms with E-state index in [-0.39, 0.29) is 29.4 Å². The largest absolute Gasteiger partial charge is 0.399 e. The van der Waals surface area contributed by atoms with Crippen LogP contribution in [0.2, 0.25) is 0 Å². The molecule has 3 N–H and O–H groups in total. The van der Waals surface area contributed by atoms with Crippen LogP contribution in [-0.2, 0) is 16.4 Å². The molecule has 2 aromatic carbocycles. The lowest BCUT2D eigenvalue weighted by Crippen LogP contribution is -2.29. The van der Waals surface area contributed by atoms with E-state index in [0.29, 0.717) is 25.2 Å². The summed E-state index contributed by atoms with van der Waals surface area (Å²) in [5, 5.41) is 0. The molecule has 1 aliphatic rings. The Kier molecular flexibility index (Phi) is 7.40. The van der Waals surface area contributed by atoms with E-state index in [9.17, 15) is 17.6 Å². The van der Waals surface area contributed by atoms with E-state index >= 15 is 0 Å². The van der Waals surface area contributed by atoms with Crippen molar-refractivity contribution in [2.75, 3.05) is 25.4 Å². The molecule has 0 atom stereocenters. The topological polar surface area (TPSA) is 92.5 Å². The molecule has 0 spiro atoms. The first-order chi connectivity index (χ1) is 12.9. The highest BCUT2D eigenvalue weighted by atomic mass is 35.5. The Hall–Kier alpha value is -2.16. The number of halogens is 2. The molecule has 0 aliphatic carbocycles. The molecule has 9 heteroatoms. The number of hydrogen-bond donors (Lipinski definition) is 2. The van der Waals surface area contributed by atoms with E-state index in [0.717, 1.165) is 24.5 Å². The highest BCUT2D eigenvalue weighted by Crippen LogP contribution is 2.19. The minimum atomic E-state index is -3.86. The normalized spacial score (nSPS) is 14.0. The van der Waals surface area contributed by atoms with Gasteiger partial charge in [0, 0.05) is 25.3 Å². The quantitative estimate of drug-likeness (QED) is 0.693. The van der Waals surface area contributed by atoms with Crippen molar-refractivity contribution in [2.45, 2.75) is 24.2 Å². The summed E-state index contributed by atoms with van der Waals surface area (Å²) < 4.78 is 41.6. The van der Waals surface area contributed by atoms with E-state index in [1.165, 1.54) is 12.1 Å². The van der Waals surface area contributed by atoms with Gasteiger partial charge in [-0.3, -0.25) is 4.79 Å². The second kappa shape index (κ2) is 9.36. The lowest BCUT2D eigenvalue weighted by Gasteiger charge is -2.16. The molecule has 1 heterocycles. The molecule has 152 valence electrons. The molecule has 0 radical (unpaired) electrons. The standard InChI is InChI=1S/C19H22FN3O3S.ClH/c20-18-13-16(7-8-17(18)19(24)23-11-1-2-12-23)27(25,26)22-10-9-14-3-5-15(21)6-4-14;/h3-8,13,22H,1-2,9-12,21H2;1H. The maximum absolute atomic E-state index is 14.4. The second-order valence-electron chi connectivity index (χ2n) is 6.53. The number of carbonyl (C=O) groups is 1. The van der Waals surface area contributed by atoms with Gasteiger partial charge in [0.2, 0.25) is 10.0 Å². The molecule has 1 aliphatic heterocycles. The molecule has 6 nitrogen and oxygen atoms in total. The predicted molar refractivity (Wildman–Crippen MR) is 109 cm³/mol. The molecule has 28 heavy (non-hydrogen) atoms. The van der Waals surface area contributed by atoms with Crippen molar-refractivity contribution >= 4 is 34.0 Å². The van der Waals surface area contributed by atoms with Gasteiger partial charge in [-0.2, -0.15) is 0 Å². The highest BCUT2D eigenvalue weighted by Gasteiger charge is 2.24. The molecule has 0 aromatic heterocycles. The van der Waals surface area contributed by atoms with Crippen LogP contribution in [0, 0.1) is 5.82 Å². The van der Waals surface area contributed by atoms with Gasteiger partial charge in [0.05, 0.1) is 10.5 Å². The van der Waals surface area contributed by atoms with Gasteiger partial charge in [0.25, 0.3) is 5.91 Å². The average Bonchev–Trinajstić information content (AvgIpc) is 3.17. The van der Waals surface area contributed by atoms with Gasteiger partial charge in [0.1, 0.15) is 5.82 Å². The first-order valence-electron chi connectivity index (χ1n) is 8.80. The van der Waals surface area contributed by atoms with Crippen LogP contribution in [0.1, 0.15) is 28.8 Å². The Labute approximate surface area is 170 Å². The molecule has 0 bridgehead atoms. The third kappa shape index (κ3) is 5.21. The number of nitrogens with zero attached hydrogens (tertiary/aromatic N) is 1. The van der Waals surface area contributed by atoms with Gasteiger partial charge in [-0.1, -0.05) is 12.1 Å². The summed E-state index contributed by atoms with van der Waals surface area (Å²) in [6.45, 7) is 1.37. The van der Waals surface area contributed by atoms with Gasteiger partial charge in [-0.05, 0) is 55.2 Å². The molecule has 3 rings (SSSR count). The number of likely N-dealkylation sites (tertiary alicyclic amines) is 1. The third-order valence-corrected chi connectivity index (χ3v) is 6.02. The van der Waals surface area contributed by atoms with Crippen molar-refractivity contribution in [1.82, 2.24) is 9.62 Å². The van der Waals surface area contributed by atoms with Crippen molar-refractivity contribution in [1.29, 1.82) is 0 Å². The SMILES string of the molecule is Cl.Nc1ccc(CCNS(=O)(=O)c2ccc(C(=O)N3CCCC3)c(F)c2)cc1. The maximum atomic E-state index is 14.4. The fourth-order valence-electron chi connectivity index (χ4n) is 3.02. The predicted octanol–water partition coefficient (Wildman–Crippen LogP) is 2.59. The summed E-state index contributed by atoms with van der Waals surface area (Å²) in [5.41, 5.74) is 7.09. The lowest BCUT2D eigenvalue weighted by atomic mass is 10.1. The Bertz CT molecular complexity index is 930. The zero-order chi connectivity index (χ0) is 19.4. The fraction of sp³-hybridized carbons (Fsp3) is 0.316. The van der Waals surface area contributed by atoms with Gasteiger partial charge in [-0.25, -0.2) is 17.5 Å². The Morgan fingerprint density at radius 3 is 2.36 bits per heavy atom. The molecule has 0 unspecified atom stereocenters. The van der Waals surface area contributed by atoms with Crippen LogP contribution < -0.4 is 10.5 Å². The molecular weight excluding hydrogens is 405 g/mol. The first kappa shape index (κ1) is 22.1. The Morgan fingerprint density at radius 1 is 1.11 bits per heavy atom. The van der Waals surface area contributed by atoms with Crippen molar-refractivity contribution in [3.63, 3.8) is 0 Å². The van der Waals surface area contributed by atoms with Crippen LogP contribution in [0.5, 0.6) is 0 Å². The number of nitrogens with one attached hydrogen (secondary N) is 1. The maximum Gasteiger partial charge on any atom is 0.256 e.